The summed E-state index contributed by atoms with van der Waals surface area (Å²) >= 11 is 6.05. The maximum atomic E-state index is 12.8. The van der Waals surface area contributed by atoms with Crippen molar-refractivity contribution in [2.75, 3.05) is 0 Å². The van der Waals surface area contributed by atoms with E-state index in [4.69, 9.17) is 11.6 Å². The quantitative estimate of drug-likeness (QED) is 0.668. The number of benzene rings is 1. The van der Waals surface area contributed by atoms with Gasteiger partial charge in [-0.1, -0.05) is 29.8 Å². The zero-order valence-corrected chi connectivity index (χ0v) is 17.3. The lowest BCUT2D eigenvalue weighted by molar-refractivity contribution is -0.150. The Morgan fingerprint density at radius 3 is 2.57 bits per heavy atom. The Balaban J connectivity index is 1.66. The molecule has 0 saturated carbocycles. The van der Waals surface area contributed by atoms with Gasteiger partial charge in [-0.05, 0) is 32.4 Å². The zero-order valence-electron chi connectivity index (χ0n) is 15.7. The van der Waals surface area contributed by atoms with Crippen molar-refractivity contribution in [1.29, 1.82) is 0 Å². The van der Waals surface area contributed by atoms with Crippen LogP contribution in [0.5, 0.6) is 0 Å². The highest BCUT2D eigenvalue weighted by Crippen LogP contribution is 2.45. The van der Waals surface area contributed by atoms with Gasteiger partial charge in [-0.25, -0.2) is 8.42 Å². The monoisotopic (exact) mass is 427 g/mol. The van der Waals surface area contributed by atoms with Crippen molar-refractivity contribution >= 4 is 39.2 Å². The summed E-state index contributed by atoms with van der Waals surface area (Å²) in [5, 5.41) is 4.76. The second-order valence-electron chi connectivity index (χ2n) is 7.55. The SMILES string of the molecule is CC(NC(=O)C1N2C(=O)CC2S(=O)(=O)C1(C)C)C(=O)NCc1ccccc1Cl. The predicted molar refractivity (Wildman–Crippen MR) is 103 cm³/mol. The maximum absolute atomic E-state index is 12.8. The summed E-state index contributed by atoms with van der Waals surface area (Å²) in [7, 11) is -3.67. The van der Waals surface area contributed by atoms with Crippen LogP contribution in [0.4, 0.5) is 0 Å². The third-order valence-corrected chi connectivity index (χ3v) is 8.56. The number of carbonyl (C=O) groups is 3. The Morgan fingerprint density at radius 1 is 1.32 bits per heavy atom. The van der Waals surface area contributed by atoms with Gasteiger partial charge in [0.05, 0.1) is 11.2 Å². The van der Waals surface area contributed by atoms with E-state index >= 15 is 0 Å². The number of hydrogen-bond acceptors (Lipinski definition) is 5. The topological polar surface area (TPSA) is 113 Å². The molecule has 3 rings (SSSR count). The first-order valence-electron chi connectivity index (χ1n) is 8.84. The van der Waals surface area contributed by atoms with Crippen molar-refractivity contribution in [3.8, 4) is 0 Å². The van der Waals surface area contributed by atoms with Gasteiger partial charge in [0, 0.05) is 11.6 Å². The van der Waals surface area contributed by atoms with Gasteiger partial charge in [0.2, 0.25) is 17.7 Å². The van der Waals surface area contributed by atoms with Crippen LogP contribution in [0.3, 0.4) is 0 Å². The van der Waals surface area contributed by atoms with Gasteiger partial charge in [-0.2, -0.15) is 0 Å². The lowest BCUT2D eigenvalue weighted by atomic mass is 9.97. The minimum atomic E-state index is -3.67. The van der Waals surface area contributed by atoms with Crippen LogP contribution in [0.15, 0.2) is 24.3 Å². The Hall–Kier alpha value is -2.13. The maximum Gasteiger partial charge on any atom is 0.245 e. The Bertz CT molecular complexity index is 946. The van der Waals surface area contributed by atoms with E-state index in [9.17, 15) is 22.8 Å². The summed E-state index contributed by atoms with van der Waals surface area (Å²) in [6.45, 7) is 4.54. The molecule has 2 aliphatic heterocycles. The number of rotatable bonds is 5. The second kappa shape index (κ2) is 7.04. The van der Waals surface area contributed by atoms with Crippen LogP contribution >= 0.6 is 11.6 Å². The zero-order chi connectivity index (χ0) is 20.9. The molecule has 0 aliphatic carbocycles. The molecule has 0 aromatic heterocycles. The van der Waals surface area contributed by atoms with Crippen molar-refractivity contribution in [1.82, 2.24) is 15.5 Å². The average molecular weight is 428 g/mol. The van der Waals surface area contributed by atoms with E-state index < -0.39 is 43.9 Å². The summed E-state index contributed by atoms with van der Waals surface area (Å²) in [4.78, 5) is 38.1. The van der Waals surface area contributed by atoms with Crippen LogP contribution in [0.25, 0.3) is 0 Å². The van der Waals surface area contributed by atoms with Gasteiger partial charge in [0.15, 0.2) is 9.84 Å². The molecule has 0 radical (unpaired) electrons. The summed E-state index contributed by atoms with van der Waals surface area (Å²) < 4.78 is 23.7. The smallest absolute Gasteiger partial charge is 0.245 e. The Labute approximate surface area is 168 Å². The van der Waals surface area contributed by atoms with Crippen LogP contribution in [-0.2, 0) is 30.8 Å². The molecular formula is C18H22ClN3O5S. The standard InChI is InChI=1S/C18H22ClN3O5S/c1-10(16(24)20-9-11-6-4-5-7-12(11)19)21-17(25)15-18(2,3)28(26,27)14-8-13(23)22(14)15/h4-7,10,14-15H,8-9H2,1-3H3,(H,20,24)(H,21,25). The second-order valence-corrected chi connectivity index (χ2v) is 10.6. The molecule has 1 aromatic rings. The fourth-order valence-corrected chi connectivity index (χ4v) is 5.92. The number of amides is 3. The lowest BCUT2D eigenvalue weighted by Gasteiger charge is -2.37. The highest BCUT2D eigenvalue weighted by molar-refractivity contribution is 7.93. The van der Waals surface area contributed by atoms with E-state index in [0.717, 1.165) is 10.5 Å². The third kappa shape index (κ3) is 3.16. The number of sulfone groups is 1. The van der Waals surface area contributed by atoms with Crippen molar-refractivity contribution < 1.29 is 22.8 Å². The van der Waals surface area contributed by atoms with Gasteiger partial charge >= 0.3 is 0 Å². The van der Waals surface area contributed by atoms with E-state index in [1.54, 1.807) is 24.3 Å². The summed E-state index contributed by atoms with van der Waals surface area (Å²) in [5.41, 5.74) is 0.730. The van der Waals surface area contributed by atoms with Crippen LogP contribution in [0.1, 0.15) is 32.8 Å². The molecule has 2 saturated heterocycles. The van der Waals surface area contributed by atoms with Crippen molar-refractivity contribution in [3.63, 3.8) is 0 Å². The van der Waals surface area contributed by atoms with Crippen LogP contribution < -0.4 is 10.6 Å². The summed E-state index contributed by atoms with van der Waals surface area (Å²) in [6, 6.07) is 4.97. The fourth-order valence-electron chi connectivity index (χ4n) is 3.59. The Morgan fingerprint density at radius 2 is 1.96 bits per heavy atom. The first kappa shape index (κ1) is 20.6. The molecule has 0 spiro atoms. The molecule has 3 unspecified atom stereocenters. The first-order valence-corrected chi connectivity index (χ1v) is 10.8. The number of nitrogens with one attached hydrogen (secondary N) is 2. The van der Waals surface area contributed by atoms with Gasteiger partial charge < -0.3 is 15.5 Å². The highest BCUT2D eigenvalue weighted by Gasteiger charge is 2.67. The number of carbonyl (C=O) groups excluding carboxylic acids is 3. The molecule has 152 valence electrons. The van der Waals surface area contributed by atoms with Crippen LogP contribution in [0.2, 0.25) is 5.02 Å². The third-order valence-electron chi connectivity index (χ3n) is 5.39. The van der Waals surface area contributed by atoms with E-state index in [1.807, 2.05) is 0 Å². The average Bonchev–Trinajstić information content (AvgIpc) is 2.74. The molecule has 0 bridgehead atoms. The molecule has 2 heterocycles. The largest absolute Gasteiger partial charge is 0.350 e. The number of hydrogen-bond donors (Lipinski definition) is 2. The summed E-state index contributed by atoms with van der Waals surface area (Å²) in [5.74, 6) is -1.49. The minimum Gasteiger partial charge on any atom is -0.350 e. The van der Waals surface area contributed by atoms with E-state index in [2.05, 4.69) is 10.6 Å². The van der Waals surface area contributed by atoms with Gasteiger partial charge in [0.25, 0.3) is 0 Å². The van der Waals surface area contributed by atoms with E-state index in [0.29, 0.717) is 5.02 Å². The number of β-lactam (4-membered cyclic amide) rings is 1. The molecule has 1 aromatic carbocycles. The molecule has 3 amide bonds. The summed E-state index contributed by atoms with van der Waals surface area (Å²) in [6.07, 6.45) is -0.108. The number of nitrogens with zero attached hydrogens (tertiary/aromatic N) is 1. The van der Waals surface area contributed by atoms with Crippen molar-refractivity contribution in [3.05, 3.63) is 34.9 Å². The molecule has 2 fully saturated rings. The van der Waals surface area contributed by atoms with E-state index in [1.165, 1.54) is 20.8 Å². The molecule has 2 N–H and O–H groups in total. The fraction of sp³-hybridized carbons (Fsp3) is 0.500. The molecule has 2 aliphatic rings. The van der Waals surface area contributed by atoms with Crippen molar-refractivity contribution in [2.24, 2.45) is 0 Å². The number of halogens is 1. The normalized spacial score (nSPS) is 25.4. The molecule has 8 nitrogen and oxygen atoms in total. The molecule has 28 heavy (non-hydrogen) atoms. The minimum absolute atomic E-state index is 0.108. The van der Waals surface area contributed by atoms with Crippen molar-refractivity contribution in [2.45, 2.75) is 55.9 Å². The van der Waals surface area contributed by atoms with Crippen LogP contribution in [0, 0.1) is 0 Å². The number of fused-ring (bicyclic) bond motifs is 1. The van der Waals surface area contributed by atoms with Gasteiger partial charge in [-0.15, -0.1) is 0 Å². The molecular weight excluding hydrogens is 406 g/mol. The lowest BCUT2D eigenvalue weighted by Crippen LogP contribution is -2.61. The molecule has 3 atom stereocenters. The van der Waals surface area contributed by atoms with Crippen LogP contribution in [-0.4, -0.2) is 53.2 Å². The predicted octanol–water partition coefficient (Wildman–Crippen LogP) is 0.595. The highest BCUT2D eigenvalue weighted by atomic mass is 35.5. The van der Waals surface area contributed by atoms with E-state index in [-0.39, 0.29) is 18.9 Å². The Kier molecular flexibility index (Phi) is 5.18. The van der Waals surface area contributed by atoms with Gasteiger partial charge in [-0.3, -0.25) is 14.4 Å². The van der Waals surface area contributed by atoms with Gasteiger partial charge in [0.1, 0.15) is 17.5 Å². The molecule has 10 heteroatoms. The first-order chi connectivity index (χ1) is 13.0.